The number of amides is 1. The van der Waals surface area contributed by atoms with Gasteiger partial charge in [-0.25, -0.2) is 0 Å². The minimum atomic E-state index is -0.404. The summed E-state index contributed by atoms with van der Waals surface area (Å²) in [5.74, 6) is 0.417. The summed E-state index contributed by atoms with van der Waals surface area (Å²) in [5.41, 5.74) is 4.95. The van der Waals surface area contributed by atoms with E-state index in [1.807, 2.05) is 0 Å². The van der Waals surface area contributed by atoms with Crippen LogP contribution in [0.3, 0.4) is 0 Å². The highest BCUT2D eigenvalue weighted by atomic mass is 16.5. The summed E-state index contributed by atoms with van der Waals surface area (Å²) < 4.78 is 5.07. The highest BCUT2D eigenvalue weighted by molar-refractivity contribution is 5.74. The number of nitrogens with one attached hydrogen (secondary N) is 1. The van der Waals surface area contributed by atoms with E-state index in [0.29, 0.717) is 12.6 Å². The zero-order valence-electron chi connectivity index (χ0n) is 9.50. The standard InChI is InChI=1S/C11H22N2O2/c1-9(10-4-2-3-5-10)13-6-7-15-8-11(12)14/h9-10,13H,2-8H2,1H3,(H2,12,14). The van der Waals surface area contributed by atoms with Gasteiger partial charge in [0.25, 0.3) is 0 Å². The Balaban J connectivity index is 1.96. The largest absolute Gasteiger partial charge is 0.370 e. The van der Waals surface area contributed by atoms with E-state index >= 15 is 0 Å². The predicted octanol–water partition coefficient (Wildman–Crippen LogP) is 0.657. The monoisotopic (exact) mass is 214 g/mol. The van der Waals surface area contributed by atoms with Crippen LogP contribution in [0.15, 0.2) is 0 Å². The Kier molecular flexibility index (Phi) is 5.65. The van der Waals surface area contributed by atoms with E-state index in [2.05, 4.69) is 12.2 Å². The van der Waals surface area contributed by atoms with Crippen molar-refractivity contribution >= 4 is 5.91 Å². The smallest absolute Gasteiger partial charge is 0.243 e. The highest BCUT2D eigenvalue weighted by Gasteiger charge is 2.20. The van der Waals surface area contributed by atoms with E-state index in [1.165, 1.54) is 25.7 Å². The molecule has 0 spiro atoms. The molecule has 1 aliphatic rings. The van der Waals surface area contributed by atoms with Gasteiger partial charge in [-0.05, 0) is 25.7 Å². The molecule has 1 aliphatic carbocycles. The van der Waals surface area contributed by atoms with Crippen LogP contribution >= 0.6 is 0 Å². The first-order chi connectivity index (χ1) is 7.20. The molecule has 1 saturated carbocycles. The molecule has 1 fully saturated rings. The Hall–Kier alpha value is -0.610. The van der Waals surface area contributed by atoms with Crippen molar-refractivity contribution in [1.29, 1.82) is 0 Å². The lowest BCUT2D eigenvalue weighted by molar-refractivity contribution is -0.122. The average Bonchev–Trinajstić information content (AvgIpc) is 2.69. The lowest BCUT2D eigenvalue weighted by Crippen LogP contribution is -2.35. The number of ether oxygens (including phenoxy) is 1. The summed E-state index contributed by atoms with van der Waals surface area (Å²) in [7, 11) is 0. The molecule has 0 heterocycles. The summed E-state index contributed by atoms with van der Waals surface area (Å²) in [6, 6.07) is 0.560. The van der Waals surface area contributed by atoms with E-state index in [9.17, 15) is 4.79 Å². The minimum Gasteiger partial charge on any atom is -0.370 e. The summed E-state index contributed by atoms with van der Waals surface area (Å²) in [6.45, 7) is 3.61. The van der Waals surface area contributed by atoms with Crippen LogP contribution in [0.5, 0.6) is 0 Å². The van der Waals surface area contributed by atoms with Gasteiger partial charge in [0, 0.05) is 12.6 Å². The van der Waals surface area contributed by atoms with Crippen LogP contribution in [0.25, 0.3) is 0 Å². The van der Waals surface area contributed by atoms with Gasteiger partial charge in [0.2, 0.25) is 5.91 Å². The maximum atomic E-state index is 10.4. The molecule has 4 nitrogen and oxygen atoms in total. The molecule has 1 atom stereocenters. The topological polar surface area (TPSA) is 64.3 Å². The van der Waals surface area contributed by atoms with Gasteiger partial charge in [-0.1, -0.05) is 12.8 Å². The van der Waals surface area contributed by atoms with Gasteiger partial charge in [0.1, 0.15) is 6.61 Å². The molecule has 0 aromatic heterocycles. The molecule has 0 aromatic carbocycles. The second-order valence-corrected chi connectivity index (χ2v) is 4.31. The molecule has 0 aromatic rings. The van der Waals surface area contributed by atoms with E-state index in [4.69, 9.17) is 10.5 Å². The van der Waals surface area contributed by atoms with Crippen molar-refractivity contribution in [2.45, 2.75) is 38.6 Å². The summed E-state index contributed by atoms with van der Waals surface area (Å²) in [5, 5.41) is 3.42. The van der Waals surface area contributed by atoms with Gasteiger partial charge in [0.05, 0.1) is 6.61 Å². The van der Waals surface area contributed by atoms with Gasteiger partial charge < -0.3 is 15.8 Å². The Morgan fingerprint density at radius 2 is 2.20 bits per heavy atom. The molecule has 0 aliphatic heterocycles. The second-order valence-electron chi connectivity index (χ2n) is 4.31. The lowest BCUT2D eigenvalue weighted by atomic mass is 10.00. The maximum Gasteiger partial charge on any atom is 0.243 e. The maximum absolute atomic E-state index is 10.4. The molecule has 15 heavy (non-hydrogen) atoms. The summed E-state index contributed by atoms with van der Waals surface area (Å²) in [6.07, 6.45) is 5.43. The van der Waals surface area contributed by atoms with Crippen LogP contribution in [0.1, 0.15) is 32.6 Å². The summed E-state index contributed by atoms with van der Waals surface area (Å²) in [4.78, 5) is 10.4. The third-order valence-corrected chi connectivity index (χ3v) is 3.06. The molecule has 1 unspecified atom stereocenters. The molecule has 1 amide bonds. The number of carbonyl (C=O) groups excluding carboxylic acids is 1. The zero-order valence-corrected chi connectivity index (χ0v) is 9.50. The number of hydrogen-bond acceptors (Lipinski definition) is 3. The number of nitrogens with two attached hydrogens (primary N) is 1. The van der Waals surface area contributed by atoms with Crippen molar-refractivity contribution < 1.29 is 9.53 Å². The van der Waals surface area contributed by atoms with Crippen LogP contribution in [0, 0.1) is 5.92 Å². The van der Waals surface area contributed by atoms with Gasteiger partial charge in [-0.3, -0.25) is 4.79 Å². The fourth-order valence-corrected chi connectivity index (χ4v) is 2.16. The SMILES string of the molecule is CC(NCCOCC(N)=O)C1CCCC1. The van der Waals surface area contributed by atoms with Crippen LogP contribution in [-0.4, -0.2) is 31.7 Å². The van der Waals surface area contributed by atoms with Crippen LogP contribution < -0.4 is 11.1 Å². The lowest BCUT2D eigenvalue weighted by Gasteiger charge is -2.20. The third-order valence-electron chi connectivity index (χ3n) is 3.06. The van der Waals surface area contributed by atoms with Crippen molar-refractivity contribution in [3.8, 4) is 0 Å². The number of rotatable bonds is 7. The Morgan fingerprint density at radius 3 is 2.80 bits per heavy atom. The highest BCUT2D eigenvalue weighted by Crippen LogP contribution is 2.27. The quantitative estimate of drug-likeness (QED) is 0.612. The Morgan fingerprint density at radius 1 is 1.53 bits per heavy atom. The molecule has 88 valence electrons. The van der Waals surface area contributed by atoms with Crippen molar-refractivity contribution in [3.63, 3.8) is 0 Å². The van der Waals surface area contributed by atoms with Crippen molar-refractivity contribution in [2.75, 3.05) is 19.8 Å². The van der Waals surface area contributed by atoms with E-state index < -0.39 is 5.91 Å². The molecule has 0 radical (unpaired) electrons. The van der Waals surface area contributed by atoms with E-state index in [0.717, 1.165) is 12.5 Å². The van der Waals surface area contributed by atoms with E-state index in [-0.39, 0.29) is 6.61 Å². The van der Waals surface area contributed by atoms with Crippen molar-refractivity contribution in [2.24, 2.45) is 11.7 Å². The van der Waals surface area contributed by atoms with Crippen LogP contribution in [0.4, 0.5) is 0 Å². The minimum absolute atomic E-state index is 0.0273. The number of primary amides is 1. The van der Waals surface area contributed by atoms with Gasteiger partial charge in [0.15, 0.2) is 0 Å². The van der Waals surface area contributed by atoms with Crippen LogP contribution in [-0.2, 0) is 9.53 Å². The molecule has 0 bridgehead atoms. The predicted molar refractivity (Wildman–Crippen MR) is 59.4 cm³/mol. The molecule has 4 heteroatoms. The normalized spacial score (nSPS) is 19.3. The first kappa shape index (κ1) is 12.5. The molecule has 1 rings (SSSR count). The fraction of sp³-hybridized carbons (Fsp3) is 0.909. The fourth-order valence-electron chi connectivity index (χ4n) is 2.16. The second kappa shape index (κ2) is 6.80. The zero-order chi connectivity index (χ0) is 11.1. The first-order valence-corrected chi connectivity index (χ1v) is 5.79. The molecule has 0 saturated heterocycles. The van der Waals surface area contributed by atoms with Gasteiger partial charge in [-0.2, -0.15) is 0 Å². The van der Waals surface area contributed by atoms with Crippen molar-refractivity contribution in [1.82, 2.24) is 5.32 Å². The number of hydrogen-bond donors (Lipinski definition) is 2. The molecular weight excluding hydrogens is 192 g/mol. The third kappa shape index (κ3) is 5.14. The Bertz CT molecular complexity index is 191. The molecule has 3 N–H and O–H groups in total. The Labute approximate surface area is 91.5 Å². The van der Waals surface area contributed by atoms with Gasteiger partial charge in [-0.15, -0.1) is 0 Å². The average molecular weight is 214 g/mol. The van der Waals surface area contributed by atoms with Gasteiger partial charge >= 0.3 is 0 Å². The first-order valence-electron chi connectivity index (χ1n) is 5.79. The molecular formula is C11H22N2O2. The van der Waals surface area contributed by atoms with Crippen molar-refractivity contribution in [3.05, 3.63) is 0 Å². The summed E-state index contributed by atoms with van der Waals surface area (Å²) >= 11 is 0. The van der Waals surface area contributed by atoms with Crippen LogP contribution in [0.2, 0.25) is 0 Å². The number of carbonyl (C=O) groups is 1. The van der Waals surface area contributed by atoms with E-state index in [1.54, 1.807) is 0 Å².